The fraction of sp³-hybridized carbons (Fsp3) is 0.333. The van der Waals surface area contributed by atoms with Crippen molar-refractivity contribution in [2.45, 2.75) is 0 Å². The van der Waals surface area contributed by atoms with Crippen molar-refractivity contribution in [1.82, 2.24) is 14.4 Å². The maximum absolute atomic E-state index is 5.46. The zero-order valence-corrected chi connectivity index (χ0v) is 14.3. The van der Waals surface area contributed by atoms with Crippen LogP contribution in [0, 0.1) is 0 Å². The number of rotatable bonds is 4. The third-order valence-electron chi connectivity index (χ3n) is 4.34. The number of imidazole rings is 1. The van der Waals surface area contributed by atoms with Crippen molar-refractivity contribution in [2.75, 3.05) is 45.4 Å². The molecular formula is C18H20N4O3. The lowest BCUT2D eigenvalue weighted by molar-refractivity contribution is 0.122. The van der Waals surface area contributed by atoms with Crippen LogP contribution in [0.5, 0.6) is 11.5 Å². The number of morpholine rings is 1. The van der Waals surface area contributed by atoms with Gasteiger partial charge in [-0.2, -0.15) is 0 Å². The van der Waals surface area contributed by atoms with Crippen molar-refractivity contribution in [3.05, 3.63) is 36.7 Å². The van der Waals surface area contributed by atoms with E-state index in [1.54, 1.807) is 20.4 Å². The molecule has 1 aliphatic heterocycles. The summed E-state index contributed by atoms with van der Waals surface area (Å²) in [5.41, 5.74) is 2.67. The first-order valence-electron chi connectivity index (χ1n) is 8.19. The number of benzene rings is 1. The van der Waals surface area contributed by atoms with Crippen molar-refractivity contribution in [3.8, 4) is 22.8 Å². The molecule has 130 valence electrons. The van der Waals surface area contributed by atoms with Crippen LogP contribution in [0.4, 0.5) is 5.95 Å². The Balaban J connectivity index is 1.82. The molecule has 1 fully saturated rings. The summed E-state index contributed by atoms with van der Waals surface area (Å²) in [6, 6.07) is 7.78. The van der Waals surface area contributed by atoms with Crippen molar-refractivity contribution in [2.24, 2.45) is 0 Å². The molecule has 0 unspecified atom stereocenters. The van der Waals surface area contributed by atoms with Gasteiger partial charge in [-0.15, -0.1) is 0 Å². The van der Waals surface area contributed by atoms with E-state index < -0.39 is 0 Å². The average molecular weight is 340 g/mol. The Morgan fingerprint density at radius 3 is 2.60 bits per heavy atom. The van der Waals surface area contributed by atoms with E-state index in [2.05, 4.69) is 9.88 Å². The molecule has 0 N–H and O–H groups in total. The number of methoxy groups -OCH3 is 2. The molecule has 0 aliphatic carbocycles. The maximum atomic E-state index is 5.46. The highest BCUT2D eigenvalue weighted by Crippen LogP contribution is 2.32. The molecular weight excluding hydrogens is 320 g/mol. The van der Waals surface area contributed by atoms with Crippen LogP contribution in [0.3, 0.4) is 0 Å². The third kappa shape index (κ3) is 2.87. The van der Waals surface area contributed by atoms with E-state index >= 15 is 0 Å². The summed E-state index contributed by atoms with van der Waals surface area (Å²) in [7, 11) is 3.26. The zero-order chi connectivity index (χ0) is 17.2. The first-order chi connectivity index (χ1) is 12.3. The molecule has 1 aromatic carbocycles. The van der Waals surface area contributed by atoms with Crippen molar-refractivity contribution >= 4 is 11.6 Å². The van der Waals surface area contributed by atoms with Crippen LogP contribution in [0.2, 0.25) is 0 Å². The fourth-order valence-electron chi connectivity index (χ4n) is 3.04. The molecule has 3 heterocycles. The SMILES string of the molecule is COc1ccc(-c2cc3nccn3c(N3CCOCC3)n2)cc1OC. The van der Waals surface area contributed by atoms with Gasteiger partial charge in [0.2, 0.25) is 5.95 Å². The number of fused-ring (bicyclic) bond motifs is 1. The van der Waals surface area contributed by atoms with Gasteiger partial charge >= 0.3 is 0 Å². The Kier molecular flexibility index (Phi) is 4.15. The molecule has 0 radical (unpaired) electrons. The van der Waals surface area contributed by atoms with E-state index in [9.17, 15) is 0 Å². The normalized spacial score (nSPS) is 14.7. The molecule has 25 heavy (non-hydrogen) atoms. The Hall–Kier alpha value is -2.80. The largest absolute Gasteiger partial charge is 0.493 e. The number of nitrogens with zero attached hydrogens (tertiary/aromatic N) is 4. The van der Waals surface area contributed by atoms with Crippen LogP contribution >= 0.6 is 0 Å². The maximum Gasteiger partial charge on any atom is 0.212 e. The van der Waals surface area contributed by atoms with E-state index in [1.807, 2.05) is 34.9 Å². The average Bonchev–Trinajstić information content (AvgIpc) is 3.16. The molecule has 0 amide bonds. The number of hydrogen-bond donors (Lipinski definition) is 0. The van der Waals surface area contributed by atoms with Gasteiger partial charge in [-0.05, 0) is 18.2 Å². The van der Waals surface area contributed by atoms with Crippen LogP contribution in [0.25, 0.3) is 16.9 Å². The number of aromatic nitrogens is 3. The highest BCUT2D eigenvalue weighted by Gasteiger charge is 2.18. The van der Waals surface area contributed by atoms with Gasteiger partial charge < -0.3 is 19.1 Å². The summed E-state index contributed by atoms with van der Waals surface area (Å²) in [5.74, 6) is 2.25. The highest BCUT2D eigenvalue weighted by molar-refractivity contribution is 5.69. The van der Waals surface area contributed by atoms with Crippen molar-refractivity contribution in [3.63, 3.8) is 0 Å². The predicted octanol–water partition coefficient (Wildman–Crippen LogP) is 2.25. The second kappa shape index (κ2) is 6.60. The van der Waals surface area contributed by atoms with E-state index in [0.29, 0.717) is 24.7 Å². The second-order valence-corrected chi connectivity index (χ2v) is 5.77. The molecule has 3 aromatic rings. The topological polar surface area (TPSA) is 61.1 Å². The minimum absolute atomic E-state index is 0.679. The molecule has 0 spiro atoms. The number of hydrogen-bond acceptors (Lipinski definition) is 6. The smallest absolute Gasteiger partial charge is 0.212 e. The monoisotopic (exact) mass is 340 g/mol. The summed E-state index contributed by atoms with van der Waals surface area (Å²) in [5, 5.41) is 0. The van der Waals surface area contributed by atoms with Gasteiger partial charge in [0.25, 0.3) is 0 Å². The van der Waals surface area contributed by atoms with Crippen LogP contribution < -0.4 is 14.4 Å². The zero-order valence-electron chi connectivity index (χ0n) is 14.3. The lowest BCUT2D eigenvalue weighted by atomic mass is 10.1. The first-order valence-corrected chi connectivity index (χ1v) is 8.19. The van der Waals surface area contributed by atoms with Gasteiger partial charge in [0, 0.05) is 37.1 Å². The van der Waals surface area contributed by atoms with Gasteiger partial charge in [0.15, 0.2) is 11.5 Å². The Morgan fingerprint density at radius 2 is 1.84 bits per heavy atom. The predicted molar refractivity (Wildman–Crippen MR) is 94.6 cm³/mol. The van der Waals surface area contributed by atoms with Gasteiger partial charge in [-0.3, -0.25) is 4.40 Å². The van der Waals surface area contributed by atoms with Gasteiger partial charge in [0.1, 0.15) is 5.65 Å². The summed E-state index contributed by atoms with van der Waals surface area (Å²) in [6.07, 6.45) is 3.73. The lowest BCUT2D eigenvalue weighted by Gasteiger charge is -2.28. The minimum Gasteiger partial charge on any atom is -0.493 e. The van der Waals surface area contributed by atoms with E-state index in [0.717, 1.165) is 35.9 Å². The summed E-state index contributed by atoms with van der Waals surface area (Å²) in [6.45, 7) is 3.04. The van der Waals surface area contributed by atoms with E-state index in [4.69, 9.17) is 19.2 Å². The van der Waals surface area contributed by atoms with Gasteiger partial charge in [-0.1, -0.05) is 0 Å². The van der Waals surface area contributed by atoms with E-state index in [1.165, 1.54) is 0 Å². The standard InChI is InChI=1S/C18H20N4O3/c1-23-15-4-3-13(11-16(15)24-2)14-12-17-19-5-6-22(17)18(20-14)21-7-9-25-10-8-21/h3-6,11-12H,7-10H2,1-2H3. The molecule has 0 bridgehead atoms. The van der Waals surface area contributed by atoms with Crippen molar-refractivity contribution < 1.29 is 14.2 Å². The van der Waals surface area contributed by atoms with Crippen LogP contribution in [-0.4, -0.2) is 54.9 Å². The third-order valence-corrected chi connectivity index (χ3v) is 4.34. The quantitative estimate of drug-likeness (QED) is 0.726. The van der Waals surface area contributed by atoms with Crippen LogP contribution in [0.15, 0.2) is 36.7 Å². The highest BCUT2D eigenvalue weighted by atomic mass is 16.5. The molecule has 7 nitrogen and oxygen atoms in total. The fourth-order valence-corrected chi connectivity index (χ4v) is 3.04. The summed E-state index contributed by atoms with van der Waals surface area (Å²) >= 11 is 0. The molecule has 7 heteroatoms. The lowest BCUT2D eigenvalue weighted by Crippen LogP contribution is -2.38. The van der Waals surface area contributed by atoms with Gasteiger partial charge in [-0.25, -0.2) is 9.97 Å². The molecule has 1 saturated heterocycles. The molecule has 0 saturated carbocycles. The summed E-state index contributed by atoms with van der Waals surface area (Å²) < 4.78 is 18.2. The molecule has 2 aromatic heterocycles. The van der Waals surface area contributed by atoms with Gasteiger partial charge in [0.05, 0.1) is 33.1 Å². The Labute approximate surface area is 145 Å². The molecule has 4 rings (SSSR count). The summed E-state index contributed by atoms with van der Waals surface area (Å²) in [4.78, 5) is 11.6. The Morgan fingerprint density at radius 1 is 1.04 bits per heavy atom. The minimum atomic E-state index is 0.679. The molecule has 0 atom stereocenters. The first kappa shape index (κ1) is 15.7. The van der Waals surface area contributed by atoms with Crippen molar-refractivity contribution in [1.29, 1.82) is 0 Å². The van der Waals surface area contributed by atoms with Crippen LogP contribution in [0.1, 0.15) is 0 Å². The number of anilines is 1. The number of ether oxygens (including phenoxy) is 3. The molecule has 1 aliphatic rings. The Bertz CT molecular complexity index is 887. The second-order valence-electron chi connectivity index (χ2n) is 5.77. The van der Waals surface area contributed by atoms with Crippen LogP contribution in [-0.2, 0) is 4.74 Å². The van der Waals surface area contributed by atoms with E-state index in [-0.39, 0.29) is 0 Å².